The van der Waals surface area contributed by atoms with Gasteiger partial charge in [0, 0.05) is 36.4 Å². The number of nitrogens with two attached hydrogens (primary N) is 1. The van der Waals surface area contributed by atoms with Crippen molar-refractivity contribution < 1.29 is 9.18 Å². The number of amides is 2. The van der Waals surface area contributed by atoms with Crippen LogP contribution in [0.4, 0.5) is 15.0 Å². The van der Waals surface area contributed by atoms with E-state index in [-0.39, 0.29) is 11.9 Å². The molecule has 1 saturated heterocycles. The number of aromatic nitrogens is 4. The maximum Gasteiger partial charge on any atom is 0.314 e. The summed E-state index contributed by atoms with van der Waals surface area (Å²) in [6.45, 7) is 8.81. The van der Waals surface area contributed by atoms with Gasteiger partial charge in [0.15, 0.2) is 17.5 Å². The molecule has 0 aromatic carbocycles. The molecular formula is C19H25ClFN7O. The number of hydrogen-bond acceptors (Lipinski definition) is 5. The molecule has 0 spiro atoms. The maximum absolute atomic E-state index is 14.0. The van der Waals surface area contributed by atoms with Crippen molar-refractivity contribution in [2.75, 3.05) is 18.4 Å². The van der Waals surface area contributed by atoms with Gasteiger partial charge >= 0.3 is 6.03 Å². The van der Waals surface area contributed by atoms with E-state index >= 15 is 0 Å². The van der Waals surface area contributed by atoms with Crippen LogP contribution in [0, 0.1) is 5.82 Å². The first-order valence-corrected chi connectivity index (χ1v) is 9.85. The Morgan fingerprint density at radius 2 is 1.97 bits per heavy atom. The number of carbonyl (C=O) groups is 1. The van der Waals surface area contributed by atoms with Crippen LogP contribution in [0.1, 0.15) is 27.7 Å². The number of carbonyl (C=O) groups excluding carboxylic acids is 1. The molecule has 0 unspecified atom stereocenters. The zero-order chi connectivity index (χ0) is 21.6. The number of pyridine rings is 1. The molecule has 29 heavy (non-hydrogen) atoms. The average molecular weight is 422 g/mol. The van der Waals surface area contributed by atoms with E-state index < -0.39 is 11.8 Å². The third-order valence-electron chi connectivity index (χ3n) is 4.02. The number of nitrogens with one attached hydrogen (secondary N) is 2. The van der Waals surface area contributed by atoms with Crippen molar-refractivity contribution in [3.05, 3.63) is 35.5 Å². The molecule has 1 aliphatic heterocycles. The fourth-order valence-corrected chi connectivity index (χ4v) is 2.86. The van der Waals surface area contributed by atoms with Gasteiger partial charge < -0.3 is 20.9 Å². The lowest BCUT2D eigenvalue weighted by Crippen LogP contribution is -2.58. The molecule has 2 amide bonds. The molecule has 1 aliphatic rings. The number of likely N-dealkylation sites (tertiary alicyclic amines) is 1. The number of aromatic amines is 1. The van der Waals surface area contributed by atoms with Crippen LogP contribution in [0.5, 0.6) is 0 Å². The summed E-state index contributed by atoms with van der Waals surface area (Å²) in [4.78, 5) is 28.0. The Hall–Kier alpha value is -2.94. The molecule has 8 nitrogen and oxygen atoms in total. The zero-order valence-electron chi connectivity index (χ0n) is 16.8. The van der Waals surface area contributed by atoms with Gasteiger partial charge in [-0.25, -0.2) is 24.1 Å². The second kappa shape index (κ2) is 10.0. The number of anilines is 1. The highest BCUT2D eigenvalue weighted by Gasteiger charge is 2.30. The van der Waals surface area contributed by atoms with Crippen LogP contribution in [-0.4, -0.2) is 50.0 Å². The van der Waals surface area contributed by atoms with E-state index in [1.165, 1.54) is 11.1 Å². The Morgan fingerprint density at radius 3 is 2.62 bits per heavy atom. The SMILES string of the molecule is CC.CC.NC(=O)N1CC(Nc2nc(-c3c[nH]c4ncc(Cl)cc34)ncc2F)C1. The monoisotopic (exact) mass is 421 g/mol. The minimum absolute atomic E-state index is 0.0726. The van der Waals surface area contributed by atoms with Gasteiger partial charge in [-0.05, 0) is 6.07 Å². The van der Waals surface area contributed by atoms with Crippen LogP contribution in [0.25, 0.3) is 22.4 Å². The van der Waals surface area contributed by atoms with Crippen molar-refractivity contribution in [3.8, 4) is 11.4 Å². The topological polar surface area (TPSA) is 113 Å². The normalized spacial score (nSPS) is 13.0. The Bertz CT molecular complexity index is 972. The summed E-state index contributed by atoms with van der Waals surface area (Å²) in [5.41, 5.74) is 6.48. The van der Waals surface area contributed by atoms with Gasteiger partial charge in [0.2, 0.25) is 0 Å². The number of halogens is 2. The summed E-state index contributed by atoms with van der Waals surface area (Å²) in [6, 6.07) is 1.14. The van der Waals surface area contributed by atoms with Crippen LogP contribution in [0.15, 0.2) is 24.7 Å². The molecule has 0 atom stereocenters. The maximum atomic E-state index is 14.0. The van der Waals surface area contributed by atoms with Crippen LogP contribution in [0.2, 0.25) is 5.02 Å². The lowest BCUT2D eigenvalue weighted by atomic mass is 10.1. The summed E-state index contributed by atoms with van der Waals surface area (Å²) in [5, 5.41) is 4.19. The number of urea groups is 1. The van der Waals surface area contributed by atoms with E-state index in [1.54, 1.807) is 12.3 Å². The van der Waals surface area contributed by atoms with Crippen molar-refractivity contribution in [1.29, 1.82) is 0 Å². The molecule has 1 fully saturated rings. The molecule has 10 heteroatoms. The first kappa shape index (κ1) is 22.4. The van der Waals surface area contributed by atoms with E-state index in [4.69, 9.17) is 17.3 Å². The molecule has 0 bridgehead atoms. The van der Waals surface area contributed by atoms with Crippen molar-refractivity contribution in [2.24, 2.45) is 5.73 Å². The molecule has 3 aromatic heterocycles. The Kier molecular flexibility index (Phi) is 7.72. The molecular weight excluding hydrogens is 397 g/mol. The highest BCUT2D eigenvalue weighted by Crippen LogP contribution is 2.28. The lowest BCUT2D eigenvalue weighted by Gasteiger charge is -2.38. The quantitative estimate of drug-likeness (QED) is 0.590. The predicted molar refractivity (Wildman–Crippen MR) is 113 cm³/mol. The number of primary amides is 1. The van der Waals surface area contributed by atoms with E-state index in [1.807, 2.05) is 27.7 Å². The van der Waals surface area contributed by atoms with E-state index in [2.05, 4.69) is 25.3 Å². The second-order valence-corrected chi connectivity index (χ2v) is 6.16. The number of nitrogens with zero attached hydrogens (tertiary/aromatic N) is 4. The third kappa shape index (κ3) is 4.92. The second-order valence-electron chi connectivity index (χ2n) is 5.73. The van der Waals surface area contributed by atoms with Crippen molar-refractivity contribution in [2.45, 2.75) is 33.7 Å². The average Bonchev–Trinajstić information content (AvgIpc) is 3.11. The molecule has 156 valence electrons. The first-order valence-electron chi connectivity index (χ1n) is 9.47. The number of rotatable bonds is 3. The lowest BCUT2D eigenvalue weighted by molar-refractivity contribution is 0.167. The van der Waals surface area contributed by atoms with Crippen LogP contribution < -0.4 is 11.1 Å². The van der Waals surface area contributed by atoms with Gasteiger partial charge in [-0.1, -0.05) is 39.3 Å². The van der Waals surface area contributed by atoms with Gasteiger partial charge in [0.1, 0.15) is 5.65 Å². The van der Waals surface area contributed by atoms with Crippen LogP contribution >= 0.6 is 11.6 Å². The van der Waals surface area contributed by atoms with Crippen LogP contribution in [0.3, 0.4) is 0 Å². The summed E-state index contributed by atoms with van der Waals surface area (Å²) >= 11 is 5.99. The number of fused-ring (bicyclic) bond motifs is 1. The first-order chi connectivity index (χ1) is 14.0. The third-order valence-corrected chi connectivity index (χ3v) is 4.22. The summed E-state index contributed by atoms with van der Waals surface area (Å²) in [6.07, 6.45) is 4.33. The van der Waals surface area contributed by atoms with Crippen molar-refractivity contribution in [1.82, 2.24) is 24.8 Å². The predicted octanol–water partition coefficient (Wildman–Crippen LogP) is 4.04. The van der Waals surface area contributed by atoms with Crippen molar-refractivity contribution in [3.63, 3.8) is 0 Å². The Morgan fingerprint density at radius 1 is 1.28 bits per heavy atom. The zero-order valence-corrected chi connectivity index (χ0v) is 17.6. The van der Waals surface area contributed by atoms with Gasteiger partial charge in [0.25, 0.3) is 0 Å². The summed E-state index contributed by atoms with van der Waals surface area (Å²) < 4.78 is 14.0. The van der Waals surface area contributed by atoms with Crippen molar-refractivity contribution >= 4 is 34.5 Å². The molecule has 4 heterocycles. The minimum Gasteiger partial charge on any atom is -0.361 e. The summed E-state index contributed by atoms with van der Waals surface area (Å²) in [7, 11) is 0. The Balaban J connectivity index is 0.000000707. The standard InChI is InChI=1S/C15H13ClFN7O.2C2H6/c16-7-1-9-10(3-20-12(9)19-2-7)13-21-4-11(17)14(23-13)22-8-5-24(6-8)15(18)25;2*1-2/h1-4,8H,5-6H2,(H2,18,25)(H,19,20)(H,21,22,23);2*1-2H3. The number of H-pyrrole nitrogens is 1. The van der Waals surface area contributed by atoms with E-state index in [9.17, 15) is 9.18 Å². The van der Waals surface area contributed by atoms with Gasteiger partial charge in [0.05, 0.1) is 17.3 Å². The molecule has 0 radical (unpaired) electrons. The molecule has 4 rings (SSSR count). The highest BCUT2D eigenvalue weighted by molar-refractivity contribution is 6.31. The molecule has 4 N–H and O–H groups in total. The summed E-state index contributed by atoms with van der Waals surface area (Å²) in [5.74, 6) is -0.161. The highest BCUT2D eigenvalue weighted by atomic mass is 35.5. The van der Waals surface area contributed by atoms with E-state index in [0.29, 0.717) is 35.1 Å². The largest absolute Gasteiger partial charge is 0.361 e. The fourth-order valence-electron chi connectivity index (χ4n) is 2.70. The Labute approximate surface area is 173 Å². The van der Waals surface area contributed by atoms with Gasteiger partial charge in [-0.2, -0.15) is 0 Å². The number of hydrogen-bond donors (Lipinski definition) is 3. The van der Waals surface area contributed by atoms with Crippen LogP contribution in [-0.2, 0) is 0 Å². The van der Waals surface area contributed by atoms with Gasteiger partial charge in [-0.15, -0.1) is 0 Å². The van der Waals surface area contributed by atoms with E-state index in [0.717, 1.165) is 11.6 Å². The molecule has 3 aromatic rings. The fraction of sp³-hybridized carbons (Fsp3) is 0.368. The molecule has 0 aliphatic carbocycles. The molecule has 0 saturated carbocycles. The van der Waals surface area contributed by atoms with Gasteiger partial charge in [-0.3, -0.25) is 0 Å². The smallest absolute Gasteiger partial charge is 0.314 e. The minimum atomic E-state index is -0.572.